The van der Waals surface area contributed by atoms with E-state index in [1.165, 1.54) is 0 Å². The van der Waals surface area contributed by atoms with Crippen LogP contribution in [-0.2, 0) is 0 Å². The van der Waals surface area contributed by atoms with Gasteiger partial charge in [-0.3, -0.25) is 0 Å². The number of rotatable bonds is 2. The normalized spacial score (nSPS) is 15.1. The number of hydrogen-bond acceptors (Lipinski definition) is 5. The summed E-state index contributed by atoms with van der Waals surface area (Å²) in [4.78, 5) is 14.8. The maximum atomic E-state index is 10.6. The first-order valence-corrected chi connectivity index (χ1v) is 5.33. The van der Waals surface area contributed by atoms with E-state index in [1.54, 1.807) is 13.0 Å². The monoisotopic (exact) mass is 234 g/mol. The van der Waals surface area contributed by atoms with Crippen LogP contribution in [0.4, 0.5) is 4.79 Å². The van der Waals surface area contributed by atoms with Gasteiger partial charge in [0.15, 0.2) is 5.75 Å². The lowest BCUT2D eigenvalue weighted by Crippen LogP contribution is -2.04. The van der Waals surface area contributed by atoms with E-state index in [4.69, 9.17) is 14.4 Å². The van der Waals surface area contributed by atoms with E-state index in [9.17, 15) is 4.79 Å². The number of carboxylic acid groups (broad SMARTS) is 1. The molecule has 0 aromatic carbocycles. The van der Waals surface area contributed by atoms with E-state index in [2.05, 4.69) is 10.1 Å². The summed E-state index contributed by atoms with van der Waals surface area (Å²) >= 11 is 0. The summed E-state index contributed by atoms with van der Waals surface area (Å²) in [6.45, 7) is 1.74. The van der Waals surface area contributed by atoms with Crippen molar-refractivity contribution in [1.29, 1.82) is 0 Å². The number of hydrogen-bond donors (Lipinski definition) is 1. The quantitative estimate of drug-likeness (QED) is 0.803. The van der Waals surface area contributed by atoms with Gasteiger partial charge in [0.2, 0.25) is 0 Å². The summed E-state index contributed by atoms with van der Waals surface area (Å²) in [5.74, 6) is 0.597. The maximum absolute atomic E-state index is 10.6. The van der Waals surface area contributed by atoms with Crippen LogP contribution in [0.15, 0.2) is 10.6 Å². The zero-order valence-corrected chi connectivity index (χ0v) is 9.14. The summed E-state index contributed by atoms with van der Waals surface area (Å²) in [6, 6.07) is 1.58. The van der Waals surface area contributed by atoms with Gasteiger partial charge in [-0.1, -0.05) is 5.16 Å². The number of carbonyl (C=O) groups is 1. The number of aryl methyl sites for hydroxylation is 1. The lowest BCUT2D eigenvalue weighted by molar-refractivity contribution is 0.145. The number of fused-ring (bicyclic) bond motifs is 1. The van der Waals surface area contributed by atoms with Crippen LogP contribution in [0.25, 0.3) is 11.1 Å². The van der Waals surface area contributed by atoms with Crippen molar-refractivity contribution in [1.82, 2.24) is 10.1 Å². The molecule has 2 heterocycles. The van der Waals surface area contributed by atoms with Crippen LogP contribution in [-0.4, -0.2) is 21.4 Å². The molecule has 88 valence electrons. The molecular weight excluding hydrogens is 224 g/mol. The molecule has 6 heteroatoms. The second-order valence-corrected chi connectivity index (χ2v) is 4.15. The van der Waals surface area contributed by atoms with Gasteiger partial charge >= 0.3 is 6.16 Å². The summed E-state index contributed by atoms with van der Waals surface area (Å²) in [7, 11) is 0. The average molecular weight is 234 g/mol. The molecule has 6 nitrogen and oxygen atoms in total. The Morgan fingerprint density at radius 2 is 2.35 bits per heavy atom. The number of ether oxygens (including phenoxy) is 1. The van der Waals surface area contributed by atoms with Crippen LogP contribution in [0.2, 0.25) is 0 Å². The van der Waals surface area contributed by atoms with Crippen molar-refractivity contribution in [2.24, 2.45) is 0 Å². The Bertz CT molecular complexity index is 601. The van der Waals surface area contributed by atoms with Crippen LogP contribution < -0.4 is 4.74 Å². The SMILES string of the molecule is Cc1cc(OC(=O)O)c2c(C3CC3)noc2n1. The van der Waals surface area contributed by atoms with Crippen LogP contribution in [0, 0.1) is 6.92 Å². The van der Waals surface area contributed by atoms with Crippen molar-refractivity contribution < 1.29 is 19.2 Å². The topological polar surface area (TPSA) is 85.5 Å². The maximum Gasteiger partial charge on any atom is 0.511 e. The van der Waals surface area contributed by atoms with E-state index in [0.717, 1.165) is 18.5 Å². The fourth-order valence-electron chi connectivity index (χ4n) is 1.87. The number of pyridine rings is 1. The molecule has 1 aliphatic rings. The third-order valence-electron chi connectivity index (χ3n) is 2.73. The Balaban J connectivity index is 2.21. The molecule has 17 heavy (non-hydrogen) atoms. The Kier molecular flexibility index (Phi) is 2.04. The van der Waals surface area contributed by atoms with Gasteiger partial charge in [0.25, 0.3) is 5.71 Å². The molecule has 0 spiro atoms. The van der Waals surface area contributed by atoms with E-state index in [1.807, 2.05) is 0 Å². The molecule has 1 fully saturated rings. The molecule has 3 rings (SSSR count). The predicted octanol–water partition coefficient (Wildman–Crippen LogP) is 2.47. The summed E-state index contributed by atoms with van der Waals surface area (Å²) in [6.07, 6.45) is 0.740. The predicted molar refractivity (Wildman–Crippen MR) is 57.2 cm³/mol. The lowest BCUT2D eigenvalue weighted by atomic mass is 10.2. The molecule has 2 aromatic rings. The van der Waals surface area contributed by atoms with E-state index in [-0.39, 0.29) is 5.75 Å². The molecule has 0 bridgehead atoms. The highest BCUT2D eigenvalue weighted by atomic mass is 16.7. The third-order valence-corrected chi connectivity index (χ3v) is 2.73. The highest BCUT2D eigenvalue weighted by Gasteiger charge is 2.31. The van der Waals surface area contributed by atoms with Gasteiger partial charge in [-0.05, 0) is 19.8 Å². The van der Waals surface area contributed by atoms with Crippen LogP contribution in [0.1, 0.15) is 30.1 Å². The fourth-order valence-corrected chi connectivity index (χ4v) is 1.87. The Morgan fingerprint density at radius 1 is 1.59 bits per heavy atom. The van der Waals surface area contributed by atoms with E-state index in [0.29, 0.717) is 22.7 Å². The lowest BCUT2D eigenvalue weighted by Gasteiger charge is -2.02. The minimum absolute atomic E-state index is 0.253. The van der Waals surface area contributed by atoms with Gasteiger partial charge < -0.3 is 14.4 Å². The zero-order valence-electron chi connectivity index (χ0n) is 9.14. The molecule has 2 aromatic heterocycles. The number of nitrogens with zero attached hydrogens (tertiary/aromatic N) is 2. The second kappa shape index (κ2) is 3.44. The van der Waals surface area contributed by atoms with Gasteiger partial charge in [0.1, 0.15) is 11.1 Å². The summed E-state index contributed by atoms with van der Waals surface area (Å²) < 4.78 is 9.88. The van der Waals surface area contributed by atoms with Gasteiger partial charge in [-0.2, -0.15) is 0 Å². The fraction of sp³-hybridized carbons (Fsp3) is 0.364. The summed E-state index contributed by atoms with van der Waals surface area (Å²) in [5, 5.41) is 13.2. The smallest absolute Gasteiger partial charge is 0.449 e. The molecule has 1 aliphatic carbocycles. The van der Waals surface area contributed by atoms with Crippen molar-refractivity contribution in [3.63, 3.8) is 0 Å². The first-order valence-electron chi connectivity index (χ1n) is 5.33. The van der Waals surface area contributed by atoms with Gasteiger partial charge in [-0.25, -0.2) is 9.78 Å². The average Bonchev–Trinajstić information content (AvgIpc) is 2.98. The van der Waals surface area contributed by atoms with Crippen molar-refractivity contribution in [3.05, 3.63) is 17.5 Å². The van der Waals surface area contributed by atoms with Crippen molar-refractivity contribution >= 4 is 17.3 Å². The van der Waals surface area contributed by atoms with Crippen LogP contribution in [0.5, 0.6) is 5.75 Å². The number of aromatic nitrogens is 2. The summed E-state index contributed by atoms with van der Waals surface area (Å²) in [5.41, 5.74) is 1.72. The van der Waals surface area contributed by atoms with E-state index < -0.39 is 6.16 Å². The second-order valence-electron chi connectivity index (χ2n) is 4.15. The molecule has 1 N–H and O–H groups in total. The third kappa shape index (κ3) is 1.71. The Labute approximate surface area is 96.2 Å². The van der Waals surface area contributed by atoms with E-state index >= 15 is 0 Å². The molecule has 0 aliphatic heterocycles. The van der Waals surface area contributed by atoms with Gasteiger partial charge in [0, 0.05) is 17.7 Å². The molecule has 0 amide bonds. The molecule has 1 saturated carbocycles. The Hall–Kier alpha value is -2.11. The minimum Gasteiger partial charge on any atom is -0.449 e. The standard InChI is InChI=1S/C11H10N2O4/c1-5-4-7(16-11(14)15)8-9(6-2-3-6)13-17-10(8)12-5/h4,6H,2-3H2,1H3,(H,14,15). The molecule has 0 unspecified atom stereocenters. The largest absolute Gasteiger partial charge is 0.511 e. The van der Waals surface area contributed by atoms with Crippen molar-refractivity contribution in [3.8, 4) is 5.75 Å². The van der Waals surface area contributed by atoms with Gasteiger partial charge in [0.05, 0.1) is 0 Å². The Morgan fingerprint density at radius 3 is 3.00 bits per heavy atom. The zero-order chi connectivity index (χ0) is 12.0. The van der Waals surface area contributed by atoms with Crippen LogP contribution >= 0.6 is 0 Å². The molecule has 0 saturated heterocycles. The van der Waals surface area contributed by atoms with Crippen molar-refractivity contribution in [2.45, 2.75) is 25.7 Å². The highest BCUT2D eigenvalue weighted by molar-refractivity contribution is 5.86. The molecule has 0 atom stereocenters. The molecular formula is C11H10N2O4. The minimum atomic E-state index is -1.35. The van der Waals surface area contributed by atoms with Crippen LogP contribution in [0.3, 0.4) is 0 Å². The first-order chi connectivity index (χ1) is 8.15. The van der Waals surface area contributed by atoms with Gasteiger partial charge in [-0.15, -0.1) is 0 Å². The van der Waals surface area contributed by atoms with Crippen molar-refractivity contribution in [2.75, 3.05) is 0 Å². The molecule has 0 radical (unpaired) electrons. The highest BCUT2D eigenvalue weighted by Crippen LogP contribution is 2.44. The first kappa shape index (κ1) is 10.1.